The smallest absolute Gasteiger partial charge is 0.341 e. The van der Waals surface area contributed by atoms with Crippen molar-refractivity contribution in [2.24, 2.45) is 0 Å². The van der Waals surface area contributed by atoms with E-state index < -0.39 is 0 Å². The van der Waals surface area contributed by atoms with Gasteiger partial charge in [0, 0.05) is 6.07 Å². The van der Waals surface area contributed by atoms with E-state index in [1.165, 1.54) is 14.2 Å². The molecule has 1 aromatic carbocycles. The average molecular weight is 266 g/mol. The lowest BCUT2D eigenvalue weighted by atomic mass is 10.00. The Labute approximate surface area is 114 Å². The Morgan fingerprint density at radius 3 is 2.37 bits per heavy atom. The molecule has 0 aromatic heterocycles. The molecule has 0 aliphatic rings. The van der Waals surface area contributed by atoms with Crippen molar-refractivity contribution in [2.45, 2.75) is 32.6 Å². The molecule has 0 aliphatic heterocycles. The van der Waals surface area contributed by atoms with Gasteiger partial charge in [0.1, 0.15) is 17.1 Å². The summed E-state index contributed by atoms with van der Waals surface area (Å²) in [4.78, 5) is 11.9. The van der Waals surface area contributed by atoms with Crippen molar-refractivity contribution < 1.29 is 19.0 Å². The highest BCUT2D eigenvalue weighted by atomic mass is 16.5. The molecule has 0 fully saturated rings. The van der Waals surface area contributed by atoms with Crippen LogP contribution in [0.2, 0.25) is 0 Å². The number of methoxy groups -OCH3 is 3. The van der Waals surface area contributed by atoms with Gasteiger partial charge in [-0.25, -0.2) is 4.79 Å². The van der Waals surface area contributed by atoms with Gasteiger partial charge in [0.25, 0.3) is 0 Å². The van der Waals surface area contributed by atoms with Crippen molar-refractivity contribution in [3.05, 3.63) is 23.3 Å². The van der Waals surface area contributed by atoms with Crippen LogP contribution in [0, 0.1) is 0 Å². The number of ether oxygens (including phenoxy) is 3. The highest BCUT2D eigenvalue weighted by molar-refractivity contribution is 5.94. The number of hydrogen-bond acceptors (Lipinski definition) is 4. The molecule has 0 aliphatic carbocycles. The molecule has 1 aromatic rings. The van der Waals surface area contributed by atoms with Crippen LogP contribution in [0.5, 0.6) is 11.5 Å². The Morgan fingerprint density at radius 1 is 1.11 bits per heavy atom. The summed E-state index contributed by atoms with van der Waals surface area (Å²) in [5.41, 5.74) is 1.42. The minimum atomic E-state index is -0.369. The average Bonchev–Trinajstić information content (AvgIpc) is 2.45. The number of carbonyl (C=O) groups excluding carboxylic acids is 1. The zero-order valence-electron chi connectivity index (χ0n) is 12.1. The first-order chi connectivity index (χ1) is 9.17. The zero-order valence-corrected chi connectivity index (χ0v) is 12.1. The number of carbonyl (C=O) groups is 1. The van der Waals surface area contributed by atoms with Gasteiger partial charge < -0.3 is 14.2 Å². The minimum absolute atomic E-state index is 0.369. The molecular formula is C15H22O4. The number of unbranched alkanes of at least 4 members (excludes halogenated alkanes) is 2. The zero-order chi connectivity index (χ0) is 14.3. The summed E-state index contributed by atoms with van der Waals surface area (Å²) in [7, 11) is 4.52. The molecule has 4 nitrogen and oxygen atoms in total. The van der Waals surface area contributed by atoms with E-state index in [1.807, 2.05) is 6.07 Å². The Kier molecular flexibility index (Phi) is 6.19. The van der Waals surface area contributed by atoms with Gasteiger partial charge in [0.05, 0.1) is 21.3 Å². The largest absolute Gasteiger partial charge is 0.497 e. The summed E-state index contributed by atoms with van der Waals surface area (Å²) < 4.78 is 15.4. The van der Waals surface area contributed by atoms with E-state index >= 15 is 0 Å². The normalized spacial score (nSPS) is 10.1. The van der Waals surface area contributed by atoms with E-state index in [4.69, 9.17) is 14.2 Å². The van der Waals surface area contributed by atoms with E-state index in [0.717, 1.165) is 31.2 Å². The summed E-state index contributed by atoms with van der Waals surface area (Å²) >= 11 is 0. The van der Waals surface area contributed by atoms with Gasteiger partial charge in [-0.05, 0) is 24.5 Å². The molecule has 0 N–H and O–H groups in total. The third-order valence-corrected chi connectivity index (χ3v) is 3.05. The lowest BCUT2D eigenvalue weighted by Crippen LogP contribution is -2.09. The van der Waals surface area contributed by atoms with Crippen LogP contribution >= 0.6 is 0 Å². The van der Waals surface area contributed by atoms with E-state index in [2.05, 4.69) is 6.92 Å². The highest BCUT2D eigenvalue weighted by Crippen LogP contribution is 2.30. The second kappa shape index (κ2) is 7.67. The minimum Gasteiger partial charge on any atom is -0.497 e. The summed E-state index contributed by atoms with van der Waals surface area (Å²) in [6, 6.07) is 3.58. The number of rotatable bonds is 7. The molecular weight excluding hydrogens is 244 g/mol. The summed E-state index contributed by atoms with van der Waals surface area (Å²) in [6.07, 6.45) is 4.09. The molecule has 0 bridgehead atoms. The first-order valence-corrected chi connectivity index (χ1v) is 6.51. The maximum Gasteiger partial charge on any atom is 0.341 e. The van der Waals surface area contributed by atoms with Crippen molar-refractivity contribution in [3.63, 3.8) is 0 Å². The molecule has 0 unspecified atom stereocenters. The quantitative estimate of drug-likeness (QED) is 0.561. The predicted molar refractivity (Wildman–Crippen MR) is 74.1 cm³/mol. The van der Waals surface area contributed by atoms with Gasteiger partial charge in [-0.15, -0.1) is 0 Å². The third kappa shape index (κ3) is 3.88. The van der Waals surface area contributed by atoms with Crippen LogP contribution < -0.4 is 9.47 Å². The Bertz CT molecular complexity index is 426. The molecule has 1 rings (SSSR count). The first kappa shape index (κ1) is 15.3. The second-order valence-electron chi connectivity index (χ2n) is 4.31. The lowest BCUT2D eigenvalue weighted by molar-refractivity contribution is 0.0595. The van der Waals surface area contributed by atoms with Gasteiger partial charge in [-0.3, -0.25) is 0 Å². The molecule has 0 radical (unpaired) electrons. The van der Waals surface area contributed by atoms with E-state index in [9.17, 15) is 4.79 Å². The van der Waals surface area contributed by atoms with Crippen LogP contribution in [0.3, 0.4) is 0 Å². The first-order valence-electron chi connectivity index (χ1n) is 6.51. The molecule has 0 saturated carbocycles. The number of hydrogen-bond donors (Lipinski definition) is 0. The lowest BCUT2D eigenvalue weighted by Gasteiger charge is -2.14. The van der Waals surface area contributed by atoms with Crippen LogP contribution in [0.1, 0.15) is 42.1 Å². The Balaban J connectivity index is 3.17. The van der Waals surface area contributed by atoms with Gasteiger partial charge in [0.15, 0.2) is 0 Å². The molecule has 0 amide bonds. The molecule has 0 saturated heterocycles. The summed E-state index contributed by atoms with van der Waals surface area (Å²) in [6.45, 7) is 2.15. The Hall–Kier alpha value is -1.71. The molecule has 0 spiro atoms. The summed E-state index contributed by atoms with van der Waals surface area (Å²) in [5, 5.41) is 0. The van der Waals surface area contributed by atoms with E-state index in [-0.39, 0.29) is 5.97 Å². The van der Waals surface area contributed by atoms with Crippen molar-refractivity contribution >= 4 is 5.97 Å². The molecule has 106 valence electrons. The van der Waals surface area contributed by atoms with Crippen molar-refractivity contribution in [1.82, 2.24) is 0 Å². The fourth-order valence-electron chi connectivity index (χ4n) is 2.02. The second-order valence-corrected chi connectivity index (χ2v) is 4.31. The SMILES string of the molecule is CCCCCc1cc(OC)cc(OC)c1C(=O)OC. The maximum absolute atomic E-state index is 11.9. The molecule has 0 atom stereocenters. The molecule has 4 heteroatoms. The number of esters is 1. The van der Waals surface area contributed by atoms with Crippen LogP contribution in [-0.2, 0) is 11.2 Å². The topological polar surface area (TPSA) is 44.8 Å². The van der Waals surface area contributed by atoms with Gasteiger partial charge in [-0.2, -0.15) is 0 Å². The summed E-state index contributed by atoms with van der Waals surface area (Å²) in [5.74, 6) is 0.819. The number of aryl methyl sites for hydroxylation is 1. The van der Waals surface area contributed by atoms with Crippen LogP contribution in [-0.4, -0.2) is 27.3 Å². The van der Waals surface area contributed by atoms with Gasteiger partial charge in [-0.1, -0.05) is 19.8 Å². The molecule has 19 heavy (non-hydrogen) atoms. The predicted octanol–water partition coefficient (Wildman–Crippen LogP) is 3.22. The van der Waals surface area contributed by atoms with Crippen LogP contribution in [0.4, 0.5) is 0 Å². The van der Waals surface area contributed by atoms with Gasteiger partial charge in [0.2, 0.25) is 0 Å². The van der Waals surface area contributed by atoms with Crippen LogP contribution in [0.15, 0.2) is 12.1 Å². The van der Waals surface area contributed by atoms with E-state index in [1.54, 1.807) is 13.2 Å². The fourth-order valence-corrected chi connectivity index (χ4v) is 2.02. The Morgan fingerprint density at radius 2 is 1.84 bits per heavy atom. The highest BCUT2D eigenvalue weighted by Gasteiger charge is 2.19. The number of benzene rings is 1. The monoisotopic (exact) mass is 266 g/mol. The fraction of sp³-hybridized carbons (Fsp3) is 0.533. The van der Waals surface area contributed by atoms with Crippen LogP contribution in [0.25, 0.3) is 0 Å². The van der Waals surface area contributed by atoms with Crippen molar-refractivity contribution in [3.8, 4) is 11.5 Å². The molecule has 0 heterocycles. The van der Waals surface area contributed by atoms with E-state index in [0.29, 0.717) is 17.1 Å². The maximum atomic E-state index is 11.9. The standard InChI is InChI=1S/C15H22O4/c1-5-6-7-8-11-9-12(17-2)10-13(18-3)14(11)15(16)19-4/h9-10H,5-8H2,1-4H3. The van der Waals surface area contributed by atoms with Crippen molar-refractivity contribution in [1.29, 1.82) is 0 Å². The van der Waals surface area contributed by atoms with Gasteiger partial charge >= 0.3 is 5.97 Å². The van der Waals surface area contributed by atoms with Crippen molar-refractivity contribution in [2.75, 3.05) is 21.3 Å². The third-order valence-electron chi connectivity index (χ3n) is 3.05.